The van der Waals surface area contributed by atoms with Crippen molar-refractivity contribution >= 4 is 0 Å². The lowest BCUT2D eigenvalue weighted by molar-refractivity contribution is 0.290. The van der Waals surface area contributed by atoms with Gasteiger partial charge in [-0.05, 0) is 22.3 Å². The van der Waals surface area contributed by atoms with Crippen LogP contribution in [0.3, 0.4) is 0 Å². The Morgan fingerprint density at radius 1 is 0.607 bits per heavy atom. The molecular weight excluding hydrogens is 344 g/mol. The summed E-state index contributed by atoms with van der Waals surface area (Å²) >= 11 is 0. The molecule has 0 atom stereocenters. The third-order valence-electron chi connectivity index (χ3n) is 4.95. The second-order valence-electron chi connectivity index (χ2n) is 7.20. The van der Waals surface area contributed by atoms with E-state index in [0.29, 0.717) is 0 Å². The molecule has 2 aromatic rings. The van der Waals surface area contributed by atoms with E-state index in [1.165, 1.54) is 22.3 Å². The fourth-order valence-corrected chi connectivity index (χ4v) is 3.66. The first-order valence-electron chi connectivity index (χ1n) is 9.10. The Morgan fingerprint density at radius 3 is 1.36 bits per heavy atom. The van der Waals surface area contributed by atoms with Crippen LogP contribution < -0.4 is 0 Å². The van der Waals surface area contributed by atoms with Crippen molar-refractivity contribution in [3.63, 3.8) is 0 Å². The molecule has 2 aromatic carbocycles. The molecule has 150 valence electrons. The standard InChI is InChI=1S/C22H26N4.2CH4/c1-23-11-13-25(17-23)15-19-7-3-5-9-21(19)22-10-6-4-8-20(22)16-26-14-12-24(2)18-26;;/h3-14H,15-18H2,1-2H3;2*1H4. The zero-order chi connectivity index (χ0) is 17.9. The molecule has 4 rings (SSSR count). The van der Waals surface area contributed by atoms with Gasteiger partial charge in [0.05, 0.1) is 13.3 Å². The molecule has 0 bridgehead atoms. The van der Waals surface area contributed by atoms with Gasteiger partial charge in [-0.3, -0.25) is 0 Å². The summed E-state index contributed by atoms with van der Waals surface area (Å²) < 4.78 is 0. The summed E-state index contributed by atoms with van der Waals surface area (Å²) in [5.74, 6) is 0. The third kappa shape index (κ3) is 4.69. The molecule has 0 N–H and O–H groups in total. The fraction of sp³-hybridized carbons (Fsp3) is 0.333. The predicted octanol–water partition coefficient (Wildman–Crippen LogP) is 4.98. The SMILES string of the molecule is C.C.CN1C=CN(Cc2ccccc2-c2ccccc2CN2C=CN(C)C2)C1. The maximum absolute atomic E-state index is 2.35. The van der Waals surface area contributed by atoms with Crippen molar-refractivity contribution in [2.24, 2.45) is 0 Å². The molecule has 0 aliphatic carbocycles. The van der Waals surface area contributed by atoms with Crippen LogP contribution in [-0.2, 0) is 13.1 Å². The minimum Gasteiger partial charge on any atom is -0.362 e. The first-order valence-corrected chi connectivity index (χ1v) is 9.10. The van der Waals surface area contributed by atoms with Crippen LogP contribution in [0.2, 0.25) is 0 Å². The molecule has 0 amide bonds. The van der Waals surface area contributed by atoms with Crippen LogP contribution in [0.4, 0.5) is 0 Å². The van der Waals surface area contributed by atoms with Crippen LogP contribution >= 0.6 is 0 Å². The molecule has 0 radical (unpaired) electrons. The first kappa shape index (κ1) is 21.4. The molecule has 0 aromatic heterocycles. The lowest BCUT2D eigenvalue weighted by Gasteiger charge is -2.23. The van der Waals surface area contributed by atoms with Gasteiger partial charge >= 0.3 is 0 Å². The van der Waals surface area contributed by atoms with Gasteiger partial charge in [0.15, 0.2) is 0 Å². The minimum atomic E-state index is 0. The van der Waals surface area contributed by atoms with Crippen molar-refractivity contribution < 1.29 is 0 Å². The van der Waals surface area contributed by atoms with Crippen LogP contribution in [-0.4, -0.2) is 47.0 Å². The van der Waals surface area contributed by atoms with E-state index in [1.807, 2.05) is 0 Å². The van der Waals surface area contributed by atoms with Gasteiger partial charge in [0, 0.05) is 52.0 Å². The number of hydrogen-bond donors (Lipinski definition) is 0. The summed E-state index contributed by atoms with van der Waals surface area (Å²) in [5, 5.41) is 0. The molecule has 0 saturated carbocycles. The Morgan fingerprint density at radius 2 is 1.00 bits per heavy atom. The predicted molar refractivity (Wildman–Crippen MR) is 120 cm³/mol. The number of rotatable bonds is 5. The van der Waals surface area contributed by atoms with E-state index >= 15 is 0 Å². The van der Waals surface area contributed by atoms with Crippen molar-refractivity contribution in [3.8, 4) is 11.1 Å². The van der Waals surface area contributed by atoms with Gasteiger partial charge in [-0.2, -0.15) is 0 Å². The summed E-state index contributed by atoms with van der Waals surface area (Å²) in [5.41, 5.74) is 5.41. The Balaban J connectivity index is 0.00000140. The van der Waals surface area contributed by atoms with E-state index in [0.717, 1.165) is 26.4 Å². The molecular formula is C24H34N4. The van der Waals surface area contributed by atoms with Crippen molar-refractivity contribution in [3.05, 3.63) is 84.5 Å². The molecule has 0 spiro atoms. The Kier molecular flexibility index (Phi) is 7.16. The average molecular weight is 379 g/mol. The molecule has 4 nitrogen and oxygen atoms in total. The smallest absolute Gasteiger partial charge is 0.0894 e. The number of nitrogens with zero attached hydrogens (tertiary/aromatic N) is 4. The van der Waals surface area contributed by atoms with Crippen LogP contribution in [0.5, 0.6) is 0 Å². The van der Waals surface area contributed by atoms with E-state index in [2.05, 4.69) is 107 Å². The lowest BCUT2D eigenvalue weighted by Crippen LogP contribution is -2.23. The highest BCUT2D eigenvalue weighted by molar-refractivity contribution is 5.70. The van der Waals surface area contributed by atoms with Gasteiger partial charge in [-0.25, -0.2) is 0 Å². The summed E-state index contributed by atoms with van der Waals surface area (Å²) in [6.07, 6.45) is 8.61. The topological polar surface area (TPSA) is 13.0 Å². The van der Waals surface area contributed by atoms with Crippen molar-refractivity contribution in [1.29, 1.82) is 0 Å². The number of benzene rings is 2. The van der Waals surface area contributed by atoms with Gasteiger partial charge in [0.2, 0.25) is 0 Å². The van der Waals surface area contributed by atoms with Gasteiger partial charge in [0.25, 0.3) is 0 Å². The fourth-order valence-electron chi connectivity index (χ4n) is 3.66. The minimum absolute atomic E-state index is 0. The first-order chi connectivity index (χ1) is 12.7. The molecule has 0 fully saturated rings. The molecule has 0 saturated heterocycles. The van der Waals surface area contributed by atoms with Gasteiger partial charge in [-0.15, -0.1) is 0 Å². The van der Waals surface area contributed by atoms with Crippen molar-refractivity contribution in [2.45, 2.75) is 27.9 Å². The second kappa shape index (κ2) is 9.36. The van der Waals surface area contributed by atoms with Gasteiger partial charge in [-0.1, -0.05) is 63.4 Å². The maximum atomic E-state index is 2.35. The largest absolute Gasteiger partial charge is 0.362 e. The van der Waals surface area contributed by atoms with Crippen molar-refractivity contribution in [1.82, 2.24) is 19.6 Å². The molecule has 4 heteroatoms. The van der Waals surface area contributed by atoms with Crippen LogP contribution in [0, 0.1) is 0 Å². The summed E-state index contributed by atoms with van der Waals surface area (Å²) in [4.78, 5) is 9.10. The Hall–Kier alpha value is -2.88. The molecule has 2 aliphatic rings. The third-order valence-corrected chi connectivity index (χ3v) is 4.95. The summed E-state index contributed by atoms with van der Waals surface area (Å²) in [7, 11) is 4.22. The van der Waals surface area contributed by atoms with E-state index in [1.54, 1.807) is 0 Å². The zero-order valence-corrected chi connectivity index (χ0v) is 15.5. The molecule has 0 unspecified atom stereocenters. The van der Waals surface area contributed by atoms with E-state index < -0.39 is 0 Å². The lowest BCUT2D eigenvalue weighted by atomic mass is 9.95. The van der Waals surface area contributed by atoms with E-state index in [9.17, 15) is 0 Å². The highest BCUT2D eigenvalue weighted by atomic mass is 15.3. The highest BCUT2D eigenvalue weighted by Crippen LogP contribution is 2.30. The normalized spacial score (nSPS) is 15.1. The van der Waals surface area contributed by atoms with Gasteiger partial charge < -0.3 is 19.6 Å². The Labute approximate surface area is 171 Å². The van der Waals surface area contributed by atoms with Crippen LogP contribution in [0.25, 0.3) is 11.1 Å². The zero-order valence-electron chi connectivity index (χ0n) is 15.5. The quantitative estimate of drug-likeness (QED) is 0.727. The second-order valence-corrected chi connectivity index (χ2v) is 7.20. The summed E-state index contributed by atoms with van der Waals surface area (Å²) in [6.45, 7) is 3.75. The Bertz CT molecular complexity index is 757. The van der Waals surface area contributed by atoms with Crippen LogP contribution in [0.1, 0.15) is 26.0 Å². The average Bonchev–Trinajstić information content (AvgIpc) is 3.24. The molecule has 2 aliphatic heterocycles. The van der Waals surface area contributed by atoms with Crippen LogP contribution in [0.15, 0.2) is 73.3 Å². The molecule has 2 heterocycles. The van der Waals surface area contributed by atoms with E-state index in [4.69, 9.17) is 0 Å². The van der Waals surface area contributed by atoms with E-state index in [-0.39, 0.29) is 14.9 Å². The van der Waals surface area contributed by atoms with Crippen molar-refractivity contribution in [2.75, 3.05) is 27.4 Å². The highest BCUT2D eigenvalue weighted by Gasteiger charge is 2.16. The maximum Gasteiger partial charge on any atom is 0.0894 e. The van der Waals surface area contributed by atoms with Gasteiger partial charge in [0.1, 0.15) is 0 Å². The number of hydrogen-bond acceptors (Lipinski definition) is 4. The molecule has 28 heavy (non-hydrogen) atoms. The summed E-state index contributed by atoms with van der Waals surface area (Å²) in [6, 6.07) is 17.6. The monoisotopic (exact) mass is 378 g/mol.